The molecule has 1 aliphatic rings. The van der Waals surface area contributed by atoms with Crippen molar-refractivity contribution in [1.29, 1.82) is 0 Å². The highest BCUT2D eigenvalue weighted by atomic mass is 16.6. The molecule has 0 aromatic heterocycles. The molecule has 2 aromatic rings. The van der Waals surface area contributed by atoms with Crippen LogP contribution in [0.4, 0.5) is 0 Å². The van der Waals surface area contributed by atoms with E-state index in [0.29, 0.717) is 5.56 Å². The molecule has 0 aliphatic heterocycles. The number of carbonyl (C=O) groups is 3. The maximum absolute atomic E-state index is 12.7. The molecule has 1 N–H and O–H groups in total. The number of fused-ring (bicyclic) bond motifs is 2. The molecular weight excluding hydrogens is 324 g/mol. The smallest absolute Gasteiger partial charge is 0.347 e. The van der Waals surface area contributed by atoms with Crippen molar-refractivity contribution in [1.82, 2.24) is 0 Å². The van der Waals surface area contributed by atoms with Crippen LogP contribution in [0.3, 0.4) is 0 Å². The minimum absolute atomic E-state index is 0.0557. The minimum atomic E-state index is -0.967. The fourth-order valence-electron chi connectivity index (χ4n) is 2.74. The Hall–Kier alpha value is -3.15. The number of benzene rings is 2. The van der Waals surface area contributed by atoms with Gasteiger partial charge in [0.15, 0.2) is 29.2 Å². The third-order valence-corrected chi connectivity index (χ3v) is 3.95. The molecule has 0 fully saturated rings. The van der Waals surface area contributed by atoms with E-state index in [1.807, 2.05) is 0 Å². The topological polar surface area (TPSA) is 89.9 Å². The lowest BCUT2D eigenvalue weighted by Crippen LogP contribution is -2.26. The van der Waals surface area contributed by atoms with E-state index in [2.05, 4.69) is 0 Å². The first-order chi connectivity index (χ1) is 12.0. The Bertz CT molecular complexity index is 883. The quantitative estimate of drug-likeness (QED) is 0.734. The molecule has 1 atom stereocenters. The molecular formula is C19H16O6. The van der Waals surface area contributed by atoms with Crippen molar-refractivity contribution in [3.63, 3.8) is 0 Å². The van der Waals surface area contributed by atoms with Gasteiger partial charge in [0.05, 0.1) is 12.2 Å². The summed E-state index contributed by atoms with van der Waals surface area (Å²) < 4.78 is 10.3. The third kappa shape index (κ3) is 2.76. The molecule has 0 radical (unpaired) electrons. The molecule has 0 spiro atoms. The molecule has 128 valence electrons. The normalized spacial score (nSPS) is 13.7. The van der Waals surface area contributed by atoms with Gasteiger partial charge in [0, 0.05) is 16.7 Å². The molecule has 0 saturated heterocycles. The van der Waals surface area contributed by atoms with Crippen LogP contribution in [0.15, 0.2) is 36.4 Å². The van der Waals surface area contributed by atoms with E-state index in [-0.39, 0.29) is 34.8 Å². The van der Waals surface area contributed by atoms with E-state index in [4.69, 9.17) is 9.47 Å². The molecule has 6 heteroatoms. The summed E-state index contributed by atoms with van der Waals surface area (Å²) in [5, 5.41) is 10.5. The first kappa shape index (κ1) is 16.7. The number of carbonyl (C=O) groups excluding carboxylic acids is 3. The number of ketones is 2. The minimum Gasteiger partial charge on any atom is -0.504 e. The van der Waals surface area contributed by atoms with Gasteiger partial charge in [-0.15, -0.1) is 0 Å². The summed E-state index contributed by atoms with van der Waals surface area (Å²) in [4.78, 5) is 36.9. The highest BCUT2D eigenvalue weighted by Crippen LogP contribution is 2.38. The van der Waals surface area contributed by atoms with E-state index in [1.54, 1.807) is 25.1 Å². The molecule has 0 saturated carbocycles. The third-order valence-electron chi connectivity index (χ3n) is 3.95. The number of ether oxygens (including phenoxy) is 2. The number of hydrogen-bond donors (Lipinski definition) is 1. The molecule has 6 nitrogen and oxygen atoms in total. The van der Waals surface area contributed by atoms with Gasteiger partial charge in [0.2, 0.25) is 0 Å². The molecule has 0 bridgehead atoms. The lowest BCUT2D eigenvalue weighted by molar-refractivity contribution is -0.150. The number of esters is 1. The predicted molar refractivity (Wildman–Crippen MR) is 88.1 cm³/mol. The summed E-state index contributed by atoms with van der Waals surface area (Å²) >= 11 is 0. The van der Waals surface area contributed by atoms with Crippen LogP contribution in [-0.2, 0) is 9.53 Å². The molecule has 0 heterocycles. The van der Waals surface area contributed by atoms with Crippen LogP contribution in [0.25, 0.3) is 0 Å². The Kier molecular flexibility index (Phi) is 4.27. The van der Waals surface area contributed by atoms with Gasteiger partial charge < -0.3 is 14.6 Å². The second kappa shape index (κ2) is 6.39. The van der Waals surface area contributed by atoms with Crippen LogP contribution in [-0.4, -0.2) is 35.4 Å². The summed E-state index contributed by atoms with van der Waals surface area (Å²) in [5.41, 5.74) is 0.522. The molecule has 25 heavy (non-hydrogen) atoms. The monoisotopic (exact) mass is 340 g/mol. The van der Waals surface area contributed by atoms with Crippen LogP contribution in [0, 0.1) is 0 Å². The summed E-state index contributed by atoms with van der Waals surface area (Å²) in [5.74, 6) is -1.91. The molecule has 0 amide bonds. The Morgan fingerprint density at radius 2 is 1.68 bits per heavy atom. The van der Waals surface area contributed by atoms with Crippen LogP contribution in [0.2, 0.25) is 0 Å². The molecule has 3 rings (SSSR count). The Morgan fingerprint density at radius 1 is 1.04 bits per heavy atom. The highest BCUT2D eigenvalue weighted by Gasteiger charge is 2.33. The lowest BCUT2D eigenvalue weighted by Gasteiger charge is -2.21. The van der Waals surface area contributed by atoms with E-state index in [9.17, 15) is 19.5 Å². The fraction of sp³-hybridized carbons (Fsp3) is 0.211. The van der Waals surface area contributed by atoms with Gasteiger partial charge in [-0.1, -0.05) is 24.3 Å². The highest BCUT2D eigenvalue weighted by molar-refractivity contribution is 6.29. The van der Waals surface area contributed by atoms with Crippen molar-refractivity contribution in [3.05, 3.63) is 58.7 Å². The maximum Gasteiger partial charge on any atom is 0.347 e. The van der Waals surface area contributed by atoms with Crippen LogP contribution < -0.4 is 4.74 Å². The largest absolute Gasteiger partial charge is 0.504 e. The van der Waals surface area contributed by atoms with Gasteiger partial charge in [0.25, 0.3) is 0 Å². The van der Waals surface area contributed by atoms with Gasteiger partial charge in [-0.05, 0) is 26.0 Å². The Morgan fingerprint density at radius 3 is 2.32 bits per heavy atom. The van der Waals surface area contributed by atoms with Crippen LogP contribution >= 0.6 is 0 Å². The maximum atomic E-state index is 12.7. The molecule has 1 aliphatic carbocycles. The second-order valence-corrected chi connectivity index (χ2v) is 5.55. The average Bonchev–Trinajstić information content (AvgIpc) is 2.61. The second-order valence-electron chi connectivity index (χ2n) is 5.55. The number of rotatable bonds is 4. The van der Waals surface area contributed by atoms with Crippen LogP contribution in [0.5, 0.6) is 11.5 Å². The van der Waals surface area contributed by atoms with Crippen LogP contribution in [0.1, 0.15) is 45.7 Å². The van der Waals surface area contributed by atoms with Crippen molar-refractivity contribution in [2.75, 3.05) is 6.61 Å². The zero-order chi connectivity index (χ0) is 18.1. The van der Waals surface area contributed by atoms with E-state index < -0.39 is 23.6 Å². The number of aromatic hydroxyl groups is 1. The fourth-order valence-corrected chi connectivity index (χ4v) is 2.74. The predicted octanol–water partition coefficient (Wildman–Crippen LogP) is 2.50. The van der Waals surface area contributed by atoms with Crippen molar-refractivity contribution < 1.29 is 29.0 Å². The van der Waals surface area contributed by atoms with Crippen molar-refractivity contribution in [2.24, 2.45) is 0 Å². The van der Waals surface area contributed by atoms with Gasteiger partial charge in [-0.25, -0.2) is 4.79 Å². The summed E-state index contributed by atoms with van der Waals surface area (Å²) in [7, 11) is 0. The van der Waals surface area contributed by atoms with E-state index in [1.165, 1.54) is 25.1 Å². The van der Waals surface area contributed by atoms with E-state index in [0.717, 1.165) is 0 Å². The molecule has 1 unspecified atom stereocenters. The number of phenolic OH excluding ortho intramolecular Hbond substituents is 1. The first-order valence-corrected chi connectivity index (χ1v) is 7.83. The van der Waals surface area contributed by atoms with Crippen molar-refractivity contribution >= 4 is 17.5 Å². The van der Waals surface area contributed by atoms with Gasteiger partial charge in [-0.2, -0.15) is 0 Å². The standard InChI is InChI=1S/C19H16O6/c1-3-24-19(23)10(2)25-14-9-8-13-15(18(14)22)17(21)12-7-5-4-6-11(12)16(13)20/h4-10,22H,3H2,1-2H3. The van der Waals surface area contributed by atoms with Crippen molar-refractivity contribution in [2.45, 2.75) is 20.0 Å². The number of phenols is 1. The Labute approximate surface area is 144 Å². The van der Waals surface area contributed by atoms with E-state index >= 15 is 0 Å². The van der Waals surface area contributed by atoms with Gasteiger partial charge >= 0.3 is 5.97 Å². The zero-order valence-electron chi connectivity index (χ0n) is 13.7. The summed E-state index contributed by atoms with van der Waals surface area (Å²) in [6.07, 6.45) is -0.967. The Balaban J connectivity index is 2.01. The summed E-state index contributed by atoms with van der Waals surface area (Å²) in [6.45, 7) is 3.34. The SMILES string of the molecule is CCOC(=O)C(C)Oc1ccc2c(c1O)C(=O)c1ccccc1C2=O. The zero-order valence-corrected chi connectivity index (χ0v) is 13.7. The first-order valence-electron chi connectivity index (χ1n) is 7.83. The number of hydrogen-bond acceptors (Lipinski definition) is 6. The lowest BCUT2D eigenvalue weighted by atomic mass is 9.83. The average molecular weight is 340 g/mol. The van der Waals surface area contributed by atoms with Crippen molar-refractivity contribution in [3.8, 4) is 11.5 Å². The van der Waals surface area contributed by atoms with Gasteiger partial charge in [-0.3, -0.25) is 9.59 Å². The molecule has 2 aromatic carbocycles. The summed E-state index contributed by atoms with van der Waals surface area (Å²) in [6, 6.07) is 9.21. The van der Waals surface area contributed by atoms with Gasteiger partial charge in [0.1, 0.15) is 0 Å².